The minimum Gasteiger partial charge on any atom is -0.400 e. The molecule has 0 spiro atoms. The Morgan fingerprint density at radius 3 is 2.16 bits per heavy atom. The first-order chi connectivity index (χ1) is 15.1. The fourth-order valence-electron chi connectivity index (χ4n) is 2.28. The number of allylic oxidation sites excluding steroid dienone is 1. The molecule has 0 bridgehead atoms. The van der Waals surface area contributed by atoms with Crippen molar-refractivity contribution in [2.45, 2.75) is 74.8 Å². The Hall–Kier alpha value is -2.10. The molecule has 0 aliphatic rings. The zero-order chi connectivity index (χ0) is 25.3. The van der Waals surface area contributed by atoms with E-state index < -0.39 is 0 Å². The van der Waals surface area contributed by atoms with Crippen molar-refractivity contribution in [2.75, 3.05) is 5.21 Å². The first-order valence-corrected chi connectivity index (χ1v) is 12.6. The van der Waals surface area contributed by atoms with E-state index in [0.717, 1.165) is 16.6 Å². The number of hydrogen-bond acceptors (Lipinski definition) is 4. The van der Waals surface area contributed by atoms with Gasteiger partial charge >= 0.3 is 0 Å². The number of carbonyl (C=O) groups is 1. The van der Waals surface area contributed by atoms with Gasteiger partial charge in [-0.2, -0.15) is 5.26 Å². The summed E-state index contributed by atoms with van der Waals surface area (Å²) < 4.78 is 2.17. The lowest BCUT2D eigenvalue weighted by molar-refractivity contribution is -0.120. The van der Waals surface area contributed by atoms with Gasteiger partial charge in [-0.05, 0) is 43.0 Å². The third-order valence-electron chi connectivity index (χ3n) is 4.48. The van der Waals surface area contributed by atoms with E-state index in [-0.39, 0.29) is 11.8 Å². The smallest absolute Gasteiger partial charge is 0.219 e. The van der Waals surface area contributed by atoms with Gasteiger partial charge in [-0.25, -0.2) is 0 Å². The second-order valence-corrected chi connectivity index (χ2v) is 8.61. The highest BCUT2D eigenvalue weighted by atomic mass is 35.5. The largest absolute Gasteiger partial charge is 0.400 e. The summed E-state index contributed by atoms with van der Waals surface area (Å²) in [6.45, 7) is 16.7. The van der Waals surface area contributed by atoms with Crippen molar-refractivity contribution in [1.29, 1.82) is 5.26 Å². The number of halogens is 1. The number of primary amides is 1. The van der Waals surface area contributed by atoms with Gasteiger partial charge < -0.3 is 16.0 Å². The summed E-state index contributed by atoms with van der Waals surface area (Å²) in [7, 11) is 0. The standard InChI is InChI=1S/C15H16ClN3S.C4H9NO.C4H10.C2H6/c1-10-11(2)19(7-13(18)8-20-9-16)15-4-3-12(6-17)5-14(10)15;1-3(2)4(5)6;1-3-4-2;1-2/h3-5,8H,7,9,18H2,1-2H3;3H,1-2H3,(H2,5,6);3-4H2,1-2H3;1-2H3/b13-8-;;;. The molecule has 0 atom stereocenters. The average Bonchev–Trinajstić information content (AvgIpc) is 3.03. The van der Waals surface area contributed by atoms with E-state index >= 15 is 0 Å². The third-order valence-corrected chi connectivity index (χ3v) is 5.45. The first kappa shape index (κ1) is 32.1. The van der Waals surface area contributed by atoms with Crippen molar-refractivity contribution >= 4 is 40.2 Å². The first-order valence-electron chi connectivity index (χ1n) is 11.0. The van der Waals surface area contributed by atoms with E-state index in [1.807, 2.05) is 37.5 Å². The normalized spacial score (nSPS) is 10.2. The van der Waals surface area contributed by atoms with E-state index in [2.05, 4.69) is 38.3 Å². The molecule has 1 amide bonds. The van der Waals surface area contributed by atoms with Crippen LogP contribution in [0, 0.1) is 31.1 Å². The number of aryl methyl sites for hydroxylation is 1. The molecule has 1 aromatic heterocycles. The van der Waals surface area contributed by atoms with Gasteiger partial charge in [0, 0.05) is 28.2 Å². The topological polar surface area (TPSA) is 97.8 Å². The average molecular weight is 481 g/mol. The van der Waals surface area contributed by atoms with Gasteiger partial charge in [-0.1, -0.05) is 54.4 Å². The number of rotatable bonds is 6. The van der Waals surface area contributed by atoms with Crippen LogP contribution in [-0.2, 0) is 11.3 Å². The lowest BCUT2D eigenvalue weighted by Gasteiger charge is -2.08. The van der Waals surface area contributed by atoms with Gasteiger partial charge in [0.05, 0.1) is 23.4 Å². The number of aromatic nitrogens is 1. The zero-order valence-electron chi connectivity index (χ0n) is 21.0. The molecule has 5 nitrogen and oxygen atoms in total. The minimum absolute atomic E-state index is 0.00926. The van der Waals surface area contributed by atoms with E-state index in [0.29, 0.717) is 17.3 Å². The molecule has 4 N–H and O–H groups in total. The molecule has 0 radical (unpaired) electrons. The number of carbonyl (C=O) groups excluding carboxylic acids is 1. The number of nitriles is 1. The number of fused-ring (bicyclic) bond motifs is 1. The number of nitrogens with zero attached hydrogens (tertiary/aromatic N) is 2. The Labute approximate surface area is 204 Å². The van der Waals surface area contributed by atoms with Crippen LogP contribution in [0.3, 0.4) is 0 Å². The fraction of sp³-hybridized carbons (Fsp3) is 0.520. The SMILES string of the molecule is CC.CC(C)C(N)=O.CCCC.Cc1c(C)n(C/C(N)=C/SCCl)c2ccc(C#N)cc12. The number of nitrogens with two attached hydrogens (primary N) is 2. The molecule has 0 fully saturated rings. The number of alkyl halides is 1. The highest BCUT2D eigenvalue weighted by molar-refractivity contribution is 8.03. The summed E-state index contributed by atoms with van der Waals surface area (Å²) in [5.41, 5.74) is 15.7. The zero-order valence-corrected chi connectivity index (χ0v) is 22.5. The fourth-order valence-corrected chi connectivity index (χ4v) is 2.82. The molecule has 180 valence electrons. The van der Waals surface area contributed by atoms with E-state index in [1.54, 1.807) is 13.8 Å². The van der Waals surface area contributed by atoms with Gasteiger partial charge in [-0.3, -0.25) is 4.79 Å². The van der Waals surface area contributed by atoms with Crippen molar-refractivity contribution in [1.82, 2.24) is 4.57 Å². The predicted molar refractivity (Wildman–Crippen MR) is 143 cm³/mol. The highest BCUT2D eigenvalue weighted by Crippen LogP contribution is 2.26. The monoisotopic (exact) mass is 480 g/mol. The van der Waals surface area contributed by atoms with Crippen molar-refractivity contribution in [3.05, 3.63) is 46.1 Å². The maximum absolute atomic E-state index is 9.92. The Morgan fingerprint density at radius 1 is 1.22 bits per heavy atom. The number of thioether (sulfide) groups is 1. The maximum Gasteiger partial charge on any atom is 0.219 e. The van der Waals surface area contributed by atoms with Gasteiger partial charge in [0.1, 0.15) is 0 Å². The van der Waals surface area contributed by atoms with Crippen LogP contribution in [0.2, 0.25) is 0 Å². The molecule has 32 heavy (non-hydrogen) atoms. The van der Waals surface area contributed by atoms with Crippen molar-refractivity contribution < 1.29 is 4.79 Å². The van der Waals surface area contributed by atoms with Gasteiger partial charge in [-0.15, -0.1) is 23.4 Å². The van der Waals surface area contributed by atoms with Crippen LogP contribution in [-0.4, -0.2) is 15.7 Å². The van der Waals surface area contributed by atoms with Crippen molar-refractivity contribution in [3.63, 3.8) is 0 Å². The van der Waals surface area contributed by atoms with Gasteiger partial charge in [0.25, 0.3) is 0 Å². The molecule has 1 heterocycles. The summed E-state index contributed by atoms with van der Waals surface area (Å²) in [6, 6.07) is 7.93. The molecule has 7 heteroatoms. The third kappa shape index (κ3) is 11.5. The van der Waals surface area contributed by atoms with Crippen LogP contribution in [0.4, 0.5) is 0 Å². The van der Waals surface area contributed by atoms with Gasteiger partial charge in [0.15, 0.2) is 0 Å². The second-order valence-electron chi connectivity index (χ2n) is 7.17. The minimum atomic E-state index is -0.241. The van der Waals surface area contributed by atoms with Crippen LogP contribution in [0.1, 0.15) is 71.2 Å². The molecule has 2 aromatic rings. The van der Waals surface area contributed by atoms with Crippen LogP contribution in [0.5, 0.6) is 0 Å². The maximum atomic E-state index is 9.92. The summed E-state index contributed by atoms with van der Waals surface area (Å²) >= 11 is 7.12. The summed E-state index contributed by atoms with van der Waals surface area (Å²) in [6.07, 6.45) is 2.64. The molecule has 0 unspecified atom stereocenters. The molecule has 0 saturated carbocycles. The summed E-state index contributed by atoms with van der Waals surface area (Å²) in [4.78, 5) is 9.92. The molecule has 2 rings (SSSR count). The van der Waals surface area contributed by atoms with E-state index in [1.165, 1.54) is 35.9 Å². The van der Waals surface area contributed by atoms with Crippen LogP contribution in [0.15, 0.2) is 29.3 Å². The van der Waals surface area contributed by atoms with E-state index in [9.17, 15) is 4.79 Å². The summed E-state index contributed by atoms with van der Waals surface area (Å²) in [5.74, 6) is -0.250. The molecular weight excluding hydrogens is 440 g/mol. The Kier molecular flexibility index (Phi) is 18.5. The quantitative estimate of drug-likeness (QED) is 0.443. The number of benzene rings is 1. The van der Waals surface area contributed by atoms with Gasteiger partial charge in [0.2, 0.25) is 5.91 Å². The number of amides is 1. The summed E-state index contributed by atoms with van der Waals surface area (Å²) in [5, 5.41) is 12.5. The molecular formula is C25H41ClN4OS. The molecule has 0 aliphatic heterocycles. The van der Waals surface area contributed by atoms with Crippen LogP contribution >= 0.6 is 23.4 Å². The lowest BCUT2D eigenvalue weighted by Crippen LogP contribution is -2.17. The molecule has 1 aromatic carbocycles. The van der Waals surface area contributed by atoms with E-state index in [4.69, 9.17) is 28.3 Å². The number of hydrogen-bond donors (Lipinski definition) is 2. The molecule has 0 saturated heterocycles. The highest BCUT2D eigenvalue weighted by Gasteiger charge is 2.11. The Balaban J connectivity index is 0. The second kappa shape index (κ2) is 18.5. The lowest BCUT2D eigenvalue weighted by atomic mass is 10.1. The Bertz CT molecular complexity index is 880. The van der Waals surface area contributed by atoms with Crippen LogP contribution < -0.4 is 11.5 Å². The molecule has 0 aliphatic carbocycles. The Morgan fingerprint density at radius 2 is 1.75 bits per heavy atom. The predicted octanol–water partition coefficient (Wildman–Crippen LogP) is 6.82. The van der Waals surface area contributed by atoms with Crippen molar-refractivity contribution in [3.8, 4) is 6.07 Å². The number of unbranched alkanes of at least 4 members (excludes halogenated alkanes) is 1. The van der Waals surface area contributed by atoms with Crippen LogP contribution in [0.25, 0.3) is 10.9 Å². The van der Waals surface area contributed by atoms with Crippen molar-refractivity contribution in [2.24, 2.45) is 17.4 Å².